The van der Waals surface area contributed by atoms with Gasteiger partial charge in [-0.25, -0.2) is 0 Å². The molecule has 0 radical (unpaired) electrons. The van der Waals surface area contributed by atoms with Crippen LogP contribution in [-0.2, 0) is 17.8 Å². The Labute approximate surface area is 127 Å². The Morgan fingerprint density at radius 2 is 2.33 bits per heavy atom. The average molecular weight is 300 g/mol. The summed E-state index contributed by atoms with van der Waals surface area (Å²) in [6.45, 7) is 0.575. The predicted molar refractivity (Wildman–Crippen MR) is 82.7 cm³/mol. The van der Waals surface area contributed by atoms with Crippen LogP contribution in [0.15, 0.2) is 35.8 Å². The van der Waals surface area contributed by atoms with Crippen LogP contribution >= 0.6 is 11.3 Å². The highest BCUT2D eigenvalue weighted by Gasteiger charge is 2.05. The number of carbonyl (C=O) groups excluding carboxylic acids is 1. The van der Waals surface area contributed by atoms with Gasteiger partial charge in [-0.3, -0.25) is 9.78 Å². The second kappa shape index (κ2) is 8.20. The van der Waals surface area contributed by atoms with Gasteiger partial charge >= 0.3 is 0 Å². The number of aliphatic hydroxyl groups excluding tert-OH is 1. The fourth-order valence-electron chi connectivity index (χ4n) is 1.67. The molecule has 0 saturated carbocycles. The third-order valence-corrected chi connectivity index (χ3v) is 3.59. The van der Waals surface area contributed by atoms with Gasteiger partial charge in [0.25, 0.3) is 0 Å². The summed E-state index contributed by atoms with van der Waals surface area (Å²) in [5, 5.41) is 13.5. The first-order valence-corrected chi connectivity index (χ1v) is 7.49. The number of carbonyl (C=O) groups is 1. The van der Waals surface area contributed by atoms with E-state index in [9.17, 15) is 4.79 Å². The fraction of sp³-hybridized carbons (Fsp3) is 0.250. The van der Waals surface area contributed by atoms with Crippen molar-refractivity contribution in [2.24, 2.45) is 0 Å². The lowest BCUT2D eigenvalue weighted by Gasteiger charge is -2.02. The van der Waals surface area contributed by atoms with E-state index in [2.05, 4.69) is 22.1 Å². The zero-order valence-corrected chi connectivity index (χ0v) is 12.3. The Morgan fingerprint density at radius 1 is 1.43 bits per heavy atom. The number of pyridine rings is 1. The minimum absolute atomic E-state index is 0.0463. The summed E-state index contributed by atoms with van der Waals surface area (Å²) >= 11 is 1.56. The molecule has 2 N–H and O–H groups in total. The summed E-state index contributed by atoms with van der Waals surface area (Å²) in [7, 11) is 0. The molecule has 0 atom stereocenters. The SMILES string of the molecule is O=C(Cc1ccccn1)NCc1cc(C#CCCO)cs1. The molecule has 0 saturated heterocycles. The van der Waals surface area contributed by atoms with Crippen molar-refractivity contribution in [3.05, 3.63) is 52.0 Å². The van der Waals surface area contributed by atoms with Crippen LogP contribution in [0.3, 0.4) is 0 Å². The molecule has 0 aliphatic rings. The normalized spacial score (nSPS) is 9.76. The highest BCUT2D eigenvalue weighted by Crippen LogP contribution is 2.13. The van der Waals surface area contributed by atoms with E-state index in [-0.39, 0.29) is 18.9 Å². The zero-order valence-electron chi connectivity index (χ0n) is 11.5. The Kier molecular flexibility index (Phi) is 5.95. The van der Waals surface area contributed by atoms with Crippen LogP contribution in [0.4, 0.5) is 0 Å². The van der Waals surface area contributed by atoms with Crippen molar-refractivity contribution in [3.8, 4) is 11.8 Å². The van der Waals surface area contributed by atoms with Crippen LogP contribution in [0.1, 0.15) is 22.6 Å². The molecule has 0 spiro atoms. The topological polar surface area (TPSA) is 62.2 Å². The number of aromatic nitrogens is 1. The van der Waals surface area contributed by atoms with E-state index in [0.29, 0.717) is 13.0 Å². The lowest BCUT2D eigenvalue weighted by molar-refractivity contribution is -0.120. The molecule has 0 aliphatic heterocycles. The van der Waals surface area contributed by atoms with Gasteiger partial charge in [0.05, 0.1) is 19.6 Å². The molecule has 21 heavy (non-hydrogen) atoms. The number of rotatable bonds is 5. The molecule has 0 aromatic carbocycles. The Balaban J connectivity index is 1.81. The van der Waals surface area contributed by atoms with E-state index in [4.69, 9.17) is 5.11 Å². The lowest BCUT2D eigenvalue weighted by atomic mass is 10.2. The van der Waals surface area contributed by atoms with Crippen molar-refractivity contribution in [2.45, 2.75) is 19.4 Å². The van der Waals surface area contributed by atoms with Gasteiger partial charge in [-0.05, 0) is 18.2 Å². The largest absolute Gasteiger partial charge is 0.395 e. The standard InChI is InChI=1S/C16H16N2O2S/c19-8-4-2-5-13-9-15(21-12-13)11-18-16(20)10-14-6-1-3-7-17-14/h1,3,6-7,9,12,19H,4,8,10-11H2,(H,18,20). The first-order valence-electron chi connectivity index (χ1n) is 6.61. The Morgan fingerprint density at radius 3 is 3.10 bits per heavy atom. The van der Waals surface area contributed by atoms with E-state index in [0.717, 1.165) is 16.1 Å². The Hall–Kier alpha value is -2.16. The number of aliphatic hydroxyl groups is 1. The summed E-state index contributed by atoms with van der Waals surface area (Å²) < 4.78 is 0. The number of nitrogens with one attached hydrogen (secondary N) is 1. The maximum Gasteiger partial charge on any atom is 0.226 e. The molecule has 0 unspecified atom stereocenters. The first kappa shape index (κ1) is 15.2. The molecule has 2 heterocycles. The van der Waals surface area contributed by atoms with Crippen LogP contribution in [0.5, 0.6) is 0 Å². The van der Waals surface area contributed by atoms with Gasteiger partial charge in [0, 0.05) is 34.1 Å². The van der Waals surface area contributed by atoms with Crippen molar-refractivity contribution in [2.75, 3.05) is 6.61 Å². The maximum atomic E-state index is 11.8. The average Bonchev–Trinajstić information content (AvgIpc) is 2.94. The molecule has 2 aromatic heterocycles. The first-order chi connectivity index (χ1) is 10.3. The van der Waals surface area contributed by atoms with Crippen molar-refractivity contribution in [1.29, 1.82) is 0 Å². The highest BCUT2D eigenvalue weighted by atomic mass is 32.1. The quantitative estimate of drug-likeness (QED) is 0.827. The molecule has 1 amide bonds. The molecule has 2 rings (SSSR count). The second-order valence-electron chi connectivity index (χ2n) is 4.35. The fourth-order valence-corrected chi connectivity index (χ4v) is 2.43. The van der Waals surface area contributed by atoms with E-state index >= 15 is 0 Å². The molecular weight excluding hydrogens is 284 g/mol. The molecule has 5 heteroatoms. The predicted octanol–water partition coefficient (Wildman–Crippen LogP) is 1.74. The minimum Gasteiger partial charge on any atom is -0.395 e. The third-order valence-electron chi connectivity index (χ3n) is 2.65. The van der Waals surface area contributed by atoms with Gasteiger partial charge in [-0.15, -0.1) is 11.3 Å². The van der Waals surface area contributed by atoms with Gasteiger partial charge < -0.3 is 10.4 Å². The van der Waals surface area contributed by atoms with Gasteiger partial charge in [0.2, 0.25) is 5.91 Å². The van der Waals surface area contributed by atoms with E-state index in [1.165, 1.54) is 0 Å². The number of hydrogen-bond acceptors (Lipinski definition) is 4. The van der Waals surface area contributed by atoms with E-state index < -0.39 is 0 Å². The smallest absolute Gasteiger partial charge is 0.226 e. The second-order valence-corrected chi connectivity index (χ2v) is 5.35. The number of amides is 1. The molecule has 4 nitrogen and oxygen atoms in total. The lowest BCUT2D eigenvalue weighted by Crippen LogP contribution is -2.24. The van der Waals surface area contributed by atoms with Crippen LogP contribution in [-0.4, -0.2) is 22.6 Å². The highest BCUT2D eigenvalue weighted by molar-refractivity contribution is 7.10. The van der Waals surface area contributed by atoms with Crippen molar-refractivity contribution in [1.82, 2.24) is 10.3 Å². The summed E-state index contributed by atoms with van der Waals surface area (Å²) in [6.07, 6.45) is 2.45. The van der Waals surface area contributed by atoms with Crippen LogP contribution in [0, 0.1) is 11.8 Å². The number of thiophene rings is 1. The van der Waals surface area contributed by atoms with Gasteiger partial charge in [0.15, 0.2) is 0 Å². The Bertz CT molecular complexity index is 641. The van der Waals surface area contributed by atoms with Crippen molar-refractivity contribution >= 4 is 17.2 Å². The molecule has 108 valence electrons. The summed E-state index contributed by atoms with van der Waals surface area (Å²) in [4.78, 5) is 17.0. The minimum atomic E-state index is -0.0463. The van der Waals surface area contributed by atoms with E-state index in [1.807, 2.05) is 29.6 Å². The van der Waals surface area contributed by atoms with E-state index in [1.54, 1.807) is 17.5 Å². The van der Waals surface area contributed by atoms with Crippen LogP contribution in [0.25, 0.3) is 0 Å². The molecule has 0 aliphatic carbocycles. The maximum absolute atomic E-state index is 11.8. The van der Waals surface area contributed by atoms with Gasteiger partial charge in [-0.1, -0.05) is 17.9 Å². The summed E-state index contributed by atoms with van der Waals surface area (Å²) in [6, 6.07) is 7.48. The molecule has 0 fully saturated rings. The molecule has 0 bridgehead atoms. The molecular formula is C16H16N2O2S. The van der Waals surface area contributed by atoms with Gasteiger partial charge in [-0.2, -0.15) is 0 Å². The summed E-state index contributed by atoms with van der Waals surface area (Å²) in [5.74, 6) is 5.80. The third kappa shape index (κ3) is 5.38. The molecule has 2 aromatic rings. The van der Waals surface area contributed by atoms with Crippen LogP contribution < -0.4 is 5.32 Å². The van der Waals surface area contributed by atoms with Crippen molar-refractivity contribution < 1.29 is 9.90 Å². The van der Waals surface area contributed by atoms with Crippen molar-refractivity contribution in [3.63, 3.8) is 0 Å². The van der Waals surface area contributed by atoms with Gasteiger partial charge in [0.1, 0.15) is 0 Å². The summed E-state index contributed by atoms with van der Waals surface area (Å²) in [5.41, 5.74) is 1.68. The van der Waals surface area contributed by atoms with Crippen LogP contribution in [0.2, 0.25) is 0 Å². The number of nitrogens with zero attached hydrogens (tertiary/aromatic N) is 1. The monoisotopic (exact) mass is 300 g/mol. The number of hydrogen-bond donors (Lipinski definition) is 2. The zero-order chi connectivity index (χ0) is 14.9.